The number of nitrogens with one attached hydrogen (secondary N) is 1. The molecule has 0 aliphatic rings. The number of likely N-dealkylation sites (N-methyl/N-ethyl adjacent to an activating group) is 1. The number of hydrogen-bond donors (Lipinski definition) is 1. The van der Waals surface area contributed by atoms with Gasteiger partial charge in [0.25, 0.3) is 0 Å². The van der Waals surface area contributed by atoms with E-state index in [1.165, 1.54) is 18.8 Å². The summed E-state index contributed by atoms with van der Waals surface area (Å²) in [4.78, 5) is 13.3. The average Bonchev–Trinajstić information content (AvgIpc) is 2.57. The van der Waals surface area contributed by atoms with Crippen molar-refractivity contribution >= 4 is 33.4 Å². The van der Waals surface area contributed by atoms with E-state index in [0.29, 0.717) is 5.69 Å². The van der Waals surface area contributed by atoms with Crippen molar-refractivity contribution in [1.82, 2.24) is 4.31 Å². The van der Waals surface area contributed by atoms with E-state index in [-0.39, 0.29) is 17.3 Å². The monoisotopic (exact) mass is 364 g/mol. The van der Waals surface area contributed by atoms with E-state index in [1.807, 2.05) is 31.4 Å². The molecular weight excluding hydrogens is 344 g/mol. The van der Waals surface area contributed by atoms with Crippen molar-refractivity contribution in [2.75, 3.05) is 25.2 Å². The fourth-order valence-corrected chi connectivity index (χ4v) is 3.65. The maximum atomic E-state index is 12.5. The number of amides is 1. The topological polar surface area (TPSA) is 66.5 Å². The highest BCUT2D eigenvalue weighted by molar-refractivity contribution is 7.98. The fraction of sp³-hybridized carbons (Fsp3) is 0.235. The smallest absolute Gasteiger partial charge is 0.243 e. The minimum absolute atomic E-state index is 0.173. The lowest BCUT2D eigenvalue weighted by molar-refractivity contribution is -0.116. The lowest BCUT2D eigenvalue weighted by atomic mass is 10.2. The van der Waals surface area contributed by atoms with Crippen LogP contribution < -0.4 is 5.32 Å². The molecule has 1 amide bonds. The van der Waals surface area contributed by atoms with Crippen LogP contribution in [0.25, 0.3) is 0 Å². The molecule has 5 nitrogen and oxygen atoms in total. The number of nitrogens with zero attached hydrogens (tertiary/aromatic N) is 1. The number of sulfonamides is 1. The predicted molar refractivity (Wildman–Crippen MR) is 97.8 cm³/mol. The molecule has 0 radical (unpaired) electrons. The molecular formula is C17H20N2O3S2. The minimum Gasteiger partial charge on any atom is -0.325 e. The second kappa shape index (κ2) is 7.83. The minimum atomic E-state index is -3.70. The number of thioether (sulfide) groups is 1. The molecule has 0 saturated carbocycles. The first-order chi connectivity index (χ1) is 11.3. The molecule has 0 saturated heterocycles. The molecule has 0 aliphatic carbocycles. The number of benzene rings is 2. The number of para-hydroxylation sites is 1. The fourth-order valence-electron chi connectivity index (χ4n) is 2.12. The van der Waals surface area contributed by atoms with E-state index in [1.54, 1.807) is 30.3 Å². The normalized spacial score (nSPS) is 11.5. The van der Waals surface area contributed by atoms with Crippen LogP contribution in [-0.4, -0.2) is 38.5 Å². The van der Waals surface area contributed by atoms with Gasteiger partial charge >= 0.3 is 0 Å². The quantitative estimate of drug-likeness (QED) is 0.800. The second-order valence-electron chi connectivity index (χ2n) is 5.30. The highest BCUT2D eigenvalue weighted by Crippen LogP contribution is 2.20. The predicted octanol–water partition coefficient (Wildman–Crippen LogP) is 2.98. The molecule has 2 aromatic rings. The molecule has 24 heavy (non-hydrogen) atoms. The highest BCUT2D eigenvalue weighted by atomic mass is 32.2. The van der Waals surface area contributed by atoms with Crippen molar-refractivity contribution < 1.29 is 13.2 Å². The summed E-state index contributed by atoms with van der Waals surface area (Å²) in [6, 6.07) is 14.0. The molecule has 0 fully saturated rings. The van der Waals surface area contributed by atoms with E-state index in [2.05, 4.69) is 5.32 Å². The third kappa shape index (κ3) is 4.37. The van der Waals surface area contributed by atoms with Gasteiger partial charge in [-0.1, -0.05) is 18.2 Å². The van der Waals surface area contributed by atoms with Crippen LogP contribution in [0.3, 0.4) is 0 Å². The third-order valence-electron chi connectivity index (χ3n) is 3.55. The van der Waals surface area contributed by atoms with Crippen LogP contribution >= 0.6 is 11.8 Å². The summed E-state index contributed by atoms with van der Waals surface area (Å²) >= 11 is 1.54. The molecule has 0 spiro atoms. The first kappa shape index (κ1) is 18.5. The Morgan fingerprint density at radius 1 is 1.12 bits per heavy atom. The van der Waals surface area contributed by atoms with Crippen LogP contribution in [0.1, 0.15) is 5.56 Å². The van der Waals surface area contributed by atoms with Crippen LogP contribution in [-0.2, 0) is 14.8 Å². The van der Waals surface area contributed by atoms with Gasteiger partial charge in [-0.25, -0.2) is 8.42 Å². The van der Waals surface area contributed by atoms with E-state index in [0.717, 1.165) is 14.8 Å². The van der Waals surface area contributed by atoms with Crippen molar-refractivity contribution in [2.24, 2.45) is 0 Å². The summed E-state index contributed by atoms with van der Waals surface area (Å²) in [6.07, 6.45) is 1.92. The standard InChI is InChI=1S/C17H20N2O3S2/c1-13-6-4-5-7-16(13)18-17(20)12-19(2)24(21,22)15-10-8-14(23-3)9-11-15/h4-11H,12H2,1-3H3,(H,18,20). The summed E-state index contributed by atoms with van der Waals surface area (Å²) < 4.78 is 26.1. The Bertz CT molecular complexity index is 818. The van der Waals surface area contributed by atoms with E-state index in [4.69, 9.17) is 0 Å². The summed E-state index contributed by atoms with van der Waals surface area (Å²) in [7, 11) is -2.30. The SMILES string of the molecule is CSc1ccc(S(=O)(=O)N(C)CC(=O)Nc2ccccc2C)cc1. The number of carbonyl (C=O) groups is 1. The number of rotatable bonds is 6. The summed E-state index contributed by atoms with van der Waals surface area (Å²) in [5, 5.41) is 2.73. The Morgan fingerprint density at radius 3 is 2.33 bits per heavy atom. The molecule has 0 aliphatic heterocycles. The molecule has 1 N–H and O–H groups in total. The largest absolute Gasteiger partial charge is 0.325 e. The van der Waals surface area contributed by atoms with Gasteiger partial charge in [-0.2, -0.15) is 4.31 Å². The first-order valence-electron chi connectivity index (χ1n) is 7.30. The molecule has 128 valence electrons. The van der Waals surface area contributed by atoms with E-state index < -0.39 is 10.0 Å². The van der Waals surface area contributed by atoms with Gasteiger partial charge in [0, 0.05) is 17.6 Å². The van der Waals surface area contributed by atoms with Gasteiger partial charge in [-0.05, 0) is 49.1 Å². The van der Waals surface area contributed by atoms with Gasteiger partial charge in [0.05, 0.1) is 11.4 Å². The van der Waals surface area contributed by atoms with E-state index in [9.17, 15) is 13.2 Å². The Balaban J connectivity index is 2.08. The number of carbonyl (C=O) groups excluding carboxylic acids is 1. The van der Waals surface area contributed by atoms with Crippen molar-refractivity contribution in [3.05, 3.63) is 54.1 Å². The Hall–Kier alpha value is -1.83. The summed E-state index contributed by atoms with van der Waals surface area (Å²) in [6.45, 7) is 1.63. The van der Waals surface area contributed by atoms with Gasteiger partial charge in [0.15, 0.2) is 0 Å². The molecule has 0 unspecified atom stereocenters. The second-order valence-corrected chi connectivity index (χ2v) is 8.22. The maximum absolute atomic E-state index is 12.5. The Labute approximate surface area is 147 Å². The van der Waals surface area contributed by atoms with Crippen molar-refractivity contribution in [3.63, 3.8) is 0 Å². The van der Waals surface area contributed by atoms with Crippen molar-refractivity contribution in [1.29, 1.82) is 0 Å². The van der Waals surface area contributed by atoms with Gasteiger partial charge in [0.2, 0.25) is 15.9 Å². The average molecular weight is 364 g/mol. The zero-order chi connectivity index (χ0) is 17.7. The first-order valence-corrected chi connectivity index (χ1v) is 9.97. The molecule has 0 bridgehead atoms. The molecule has 0 aromatic heterocycles. The van der Waals surface area contributed by atoms with Crippen LogP contribution in [0.5, 0.6) is 0 Å². The van der Waals surface area contributed by atoms with Gasteiger partial charge < -0.3 is 5.32 Å². The summed E-state index contributed by atoms with van der Waals surface area (Å²) in [5.74, 6) is -0.379. The molecule has 2 rings (SSSR count). The lowest BCUT2D eigenvalue weighted by Gasteiger charge is -2.17. The number of hydrogen-bond acceptors (Lipinski definition) is 4. The molecule has 2 aromatic carbocycles. The zero-order valence-electron chi connectivity index (χ0n) is 13.8. The lowest BCUT2D eigenvalue weighted by Crippen LogP contribution is -2.35. The Kier molecular flexibility index (Phi) is 6.04. The van der Waals surface area contributed by atoms with Gasteiger partial charge in [0.1, 0.15) is 0 Å². The maximum Gasteiger partial charge on any atom is 0.243 e. The highest BCUT2D eigenvalue weighted by Gasteiger charge is 2.23. The zero-order valence-corrected chi connectivity index (χ0v) is 15.4. The third-order valence-corrected chi connectivity index (χ3v) is 6.11. The Morgan fingerprint density at radius 2 is 1.75 bits per heavy atom. The van der Waals surface area contributed by atoms with Crippen LogP contribution in [0.4, 0.5) is 5.69 Å². The van der Waals surface area contributed by atoms with Crippen molar-refractivity contribution in [3.8, 4) is 0 Å². The van der Waals surface area contributed by atoms with Crippen molar-refractivity contribution in [2.45, 2.75) is 16.7 Å². The molecule has 0 atom stereocenters. The number of anilines is 1. The van der Waals surface area contributed by atoms with Gasteiger partial charge in [-0.15, -0.1) is 11.8 Å². The number of aryl methyl sites for hydroxylation is 1. The molecule has 7 heteroatoms. The van der Waals surface area contributed by atoms with E-state index >= 15 is 0 Å². The van der Waals surface area contributed by atoms with Crippen LogP contribution in [0.15, 0.2) is 58.3 Å². The van der Waals surface area contributed by atoms with Crippen LogP contribution in [0.2, 0.25) is 0 Å². The summed E-state index contributed by atoms with van der Waals surface area (Å²) in [5.41, 5.74) is 1.60. The molecule has 0 heterocycles. The van der Waals surface area contributed by atoms with Gasteiger partial charge in [-0.3, -0.25) is 4.79 Å². The van der Waals surface area contributed by atoms with Crippen LogP contribution in [0, 0.1) is 6.92 Å².